The fraction of sp³-hybridized carbons (Fsp3) is 0.318. The molecule has 0 aliphatic carbocycles. The summed E-state index contributed by atoms with van der Waals surface area (Å²) in [7, 11) is 1.68. The molecule has 28 heavy (non-hydrogen) atoms. The van der Waals surface area contributed by atoms with Crippen LogP contribution in [0.15, 0.2) is 48.0 Å². The molecule has 2 aromatic heterocycles. The number of rotatable bonds is 5. The van der Waals surface area contributed by atoms with Crippen molar-refractivity contribution in [1.82, 2.24) is 14.9 Å². The van der Waals surface area contributed by atoms with Gasteiger partial charge in [-0.25, -0.2) is 4.98 Å². The number of methoxy groups -OCH3 is 1. The Labute approximate surface area is 169 Å². The van der Waals surface area contributed by atoms with Gasteiger partial charge in [-0.05, 0) is 49.6 Å². The Morgan fingerprint density at radius 1 is 1.29 bits per heavy atom. The number of thiazole rings is 1. The van der Waals surface area contributed by atoms with Gasteiger partial charge in [0.15, 0.2) is 0 Å². The molecule has 0 radical (unpaired) electrons. The highest BCUT2D eigenvalue weighted by Gasteiger charge is 2.32. The van der Waals surface area contributed by atoms with Gasteiger partial charge in [0, 0.05) is 18.7 Å². The molecule has 3 heterocycles. The van der Waals surface area contributed by atoms with Crippen LogP contribution in [0.5, 0.6) is 5.75 Å². The number of amides is 1. The normalized spacial score (nSPS) is 16.4. The van der Waals surface area contributed by atoms with Crippen LogP contribution in [0.1, 0.15) is 51.2 Å². The quantitative estimate of drug-likeness (QED) is 0.644. The topological polar surface area (TPSA) is 55.3 Å². The van der Waals surface area contributed by atoms with E-state index in [1.165, 1.54) is 11.3 Å². The predicted molar refractivity (Wildman–Crippen MR) is 110 cm³/mol. The number of carbonyl (C=O) groups excluding carboxylic acids is 1. The molecular formula is C22H23N3O2S. The molecule has 1 fully saturated rings. The summed E-state index contributed by atoms with van der Waals surface area (Å²) in [5, 5.41) is 0. The van der Waals surface area contributed by atoms with Gasteiger partial charge in [-0.15, -0.1) is 11.3 Å². The van der Waals surface area contributed by atoms with Crippen molar-refractivity contribution >= 4 is 17.2 Å². The summed E-state index contributed by atoms with van der Waals surface area (Å²) < 4.78 is 5.31. The van der Waals surface area contributed by atoms with Crippen molar-refractivity contribution in [3.8, 4) is 5.75 Å². The standard InChI is InChI=1S/C22H23N3O2S/c1-15-21(28-14-23-15)22(26)25-11-5-10-20(25)19-9-4-7-17(24-19)12-16-6-3-8-18(13-16)27-2/h3-4,6-9,13-14,20H,5,10-12H2,1-2H3/t20-/m0/s1. The lowest BCUT2D eigenvalue weighted by molar-refractivity contribution is 0.0736. The monoisotopic (exact) mass is 393 g/mol. The molecule has 4 rings (SSSR count). The first kappa shape index (κ1) is 18.6. The SMILES string of the molecule is COc1cccc(Cc2cccc([C@@H]3CCCN3C(=O)c3scnc3C)n2)c1. The van der Waals surface area contributed by atoms with Crippen molar-refractivity contribution < 1.29 is 9.53 Å². The van der Waals surface area contributed by atoms with E-state index in [9.17, 15) is 4.79 Å². The van der Waals surface area contributed by atoms with Gasteiger partial charge in [-0.2, -0.15) is 0 Å². The smallest absolute Gasteiger partial charge is 0.266 e. The molecule has 1 saturated heterocycles. The van der Waals surface area contributed by atoms with Gasteiger partial charge < -0.3 is 9.64 Å². The van der Waals surface area contributed by atoms with Gasteiger partial charge in [-0.1, -0.05) is 18.2 Å². The molecule has 1 aromatic carbocycles. The number of hydrogen-bond acceptors (Lipinski definition) is 5. The zero-order valence-corrected chi connectivity index (χ0v) is 16.9. The van der Waals surface area contributed by atoms with Gasteiger partial charge in [0.05, 0.1) is 30.1 Å². The molecule has 6 heteroatoms. The lowest BCUT2D eigenvalue weighted by Gasteiger charge is -2.24. The van der Waals surface area contributed by atoms with E-state index >= 15 is 0 Å². The van der Waals surface area contributed by atoms with Crippen LogP contribution in [0, 0.1) is 6.92 Å². The average Bonchev–Trinajstić information content (AvgIpc) is 3.37. The summed E-state index contributed by atoms with van der Waals surface area (Å²) >= 11 is 1.42. The maximum Gasteiger partial charge on any atom is 0.266 e. The first-order valence-corrected chi connectivity index (χ1v) is 10.3. The van der Waals surface area contributed by atoms with Gasteiger partial charge in [0.25, 0.3) is 5.91 Å². The van der Waals surface area contributed by atoms with Crippen molar-refractivity contribution in [2.45, 2.75) is 32.2 Å². The van der Waals surface area contributed by atoms with Crippen molar-refractivity contribution in [2.75, 3.05) is 13.7 Å². The van der Waals surface area contributed by atoms with E-state index < -0.39 is 0 Å². The molecule has 1 aliphatic heterocycles. The molecule has 1 amide bonds. The zero-order chi connectivity index (χ0) is 19.5. The van der Waals surface area contributed by atoms with E-state index in [1.54, 1.807) is 12.6 Å². The summed E-state index contributed by atoms with van der Waals surface area (Å²) in [6.07, 6.45) is 2.68. The molecule has 0 unspecified atom stereocenters. The summed E-state index contributed by atoms with van der Waals surface area (Å²) in [5.41, 5.74) is 5.66. The molecule has 1 aliphatic rings. The summed E-state index contributed by atoms with van der Waals surface area (Å²) in [6, 6.07) is 14.2. The number of hydrogen-bond donors (Lipinski definition) is 0. The number of pyridine rings is 1. The Balaban J connectivity index is 1.56. The molecule has 0 spiro atoms. The Bertz CT molecular complexity index is 985. The van der Waals surface area contributed by atoms with Gasteiger partial charge >= 0.3 is 0 Å². The number of aryl methyl sites for hydroxylation is 1. The highest BCUT2D eigenvalue weighted by atomic mass is 32.1. The minimum absolute atomic E-state index is 0.0271. The van der Waals surface area contributed by atoms with Crippen molar-refractivity contribution in [2.24, 2.45) is 0 Å². The fourth-order valence-corrected chi connectivity index (χ4v) is 4.49. The van der Waals surface area contributed by atoms with Crippen LogP contribution in [0.2, 0.25) is 0 Å². The van der Waals surface area contributed by atoms with E-state index in [1.807, 2.05) is 48.2 Å². The number of likely N-dealkylation sites (tertiary alicyclic amines) is 1. The lowest BCUT2D eigenvalue weighted by Crippen LogP contribution is -2.31. The van der Waals surface area contributed by atoms with E-state index in [0.29, 0.717) is 0 Å². The Morgan fingerprint density at radius 2 is 2.14 bits per heavy atom. The van der Waals surface area contributed by atoms with Crippen LogP contribution in [0.25, 0.3) is 0 Å². The number of aromatic nitrogens is 2. The van der Waals surface area contributed by atoms with E-state index in [4.69, 9.17) is 9.72 Å². The largest absolute Gasteiger partial charge is 0.497 e. The molecule has 3 aromatic rings. The molecule has 0 saturated carbocycles. The highest BCUT2D eigenvalue weighted by molar-refractivity contribution is 7.11. The van der Waals surface area contributed by atoms with Crippen LogP contribution < -0.4 is 4.74 Å². The van der Waals surface area contributed by atoms with Crippen molar-refractivity contribution in [3.63, 3.8) is 0 Å². The van der Waals surface area contributed by atoms with Gasteiger partial charge in [-0.3, -0.25) is 9.78 Å². The Morgan fingerprint density at radius 3 is 2.93 bits per heavy atom. The zero-order valence-electron chi connectivity index (χ0n) is 16.1. The van der Waals surface area contributed by atoms with Crippen molar-refractivity contribution in [3.05, 3.63) is 75.5 Å². The van der Waals surface area contributed by atoms with E-state index in [0.717, 1.165) is 59.1 Å². The predicted octanol–water partition coefficient (Wildman–Crippen LogP) is 4.42. The molecule has 5 nitrogen and oxygen atoms in total. The third-order valence-electron chi connectivity index (χ3n) is 5.14. The highest BCUT2D eigenvalue weighted by Crippen LogP contribution is 2.33. The number of carbonyl (C=O) groups is 1. The molecule has 0 N–H and O–H groups in total. The van der Waals surface area contributed by atoms with Crippen LogP contribution in [0.4, 0.5) is 0 Å². The number of ether oxygens (including phenoxy) is 1. The first-order chi connectivity index (χ1) is 13.7. The summed E-state index contributed by atoms with van der Waals surface area (Å²) in [6.45, 7) is 2.66. The molecule has 1 atom stereocenters. The van der Waals surface area contributed by atoms with Crippen LogP contribution in [-0.4, -0.2) is 34.4 Å². The molecule has 144 valence electrons. The summed E-state index contributed by atoms with van der Waals surface area (Å²) in [4.78, 5) is 24.8. The second kappa shape index (κ2) is 8.10. The van der Waals surface area contributed by atoms with Gasteiger partial charge in [0.1, 0.15) is 10.6 Å². The third-order valence-corrected chi connectivity index (χ3v) is 6.06. The third kappa shape index (κ3) is 3.78. The number of nitrogens with zero attached hydrogens (tertiary/aromatic N) is 3. The summed E-state index contributed by atoms with van der Waals surface area (Å²) in [5.74, 6) is 0.920. The maximum absolute atomic E-state index is 13.0. The number of benzene rings is 1. The van der Waals surface area contributed by atoms with Gasteiger partial charge in [0.2, 0.25) is 0 Å². The Hall–Kier alpha value is -2.73. The van der Waals surface area contributed by atoms with Crippen LogP contribution in [0.3, 0.4) is 0 Å². The molecule has 0 bridgehead atoms. The van der Waals surface area contributed by atoms with Crippen molar-refractivity contribution in [1.29, 1.82) is 0 Å². The Kier molecular flexibility index (Phi) is 5.39. The first-order valence-electron chi connectivity index (χ1n) is 9.45. The molecular weight excluding hydrogens is 370 g/mol. The second-order valence-corrected chi connectivity index (χ2v) is 7.86. The van der Waals surface area contributed by atoms with E-state index in [-0.39, 0.29) is 11.9 Å². The van der Waals surface area contributed by atoms with Crippen LogP contribution >= 0.6 is 11.3 Å². The maximum atomic E-state index is 13.0. The minimum atomic E-state index is 0.0271. The average molecular weight is 394 g/mol. The fourth-order valence-electron chi connectivity index (χ4n) is 3.73. The second-order valence-electron chi connectivity index (χ2n) is 7.01. The van der Waals surface area contributed by atoms with Crippen LogP contribution in [-0.2, 0) is 6.42 Å². The minimum Gasteiger partial charge on any atom is -0.497 e. The van der Waals surface area contributed by atoms with E-state index in [2.05, 4.69) is 11.1 Å². The lowest BCUT2D eigenvalue weighted by atomic mass is 10.1.